The second kappa shape index (κ2) is 7.27. The topological polar surface area (TPSA) is 9.23 Å². The lowest BCUT2D eigenvalue weighted by molar-refractivity contribution is 0.316. The minimum Gasteiger partial charge on any atom is -0.490 e. The monoisotopic (exact) mass is 582 g/mol. The average molecular weight is 583 g/mol. The predicted octanol–water partition coefficient (Wildman–Crippen LogP) is 4.73. The Morgan fingerprint density at radius 1 is 1.20 bits per heavy atom. The second-order valence-corrected chi connectivity index (χ2v) is 7.26. The smallest absolute Gasteiger partial charge is 0.146 e. The van der Waals surface area contributed by atoms with Gasteiger partial charge in [0.05, 0.1) is 12.5 Å². The minimum atomic E-state index is -0.141. The van der Waals surface area contributed by atoms with Gasteiger partial charge in [-0.2, -0.15) is 0 Å². The maximum Gasteiger partial charge on any atom is 0.146 e. The molecule has 15 heavy (non-hydrogen) atoms. The van der Waals surface area contributed by atoms with Crippen LogP contribution in [0, 0.1) is 10.7 Å². The third-order valence-corrected chi connectivity index (χ3v) is 4.58. The molecular formula is C9H7Cl2I3O. The Kier molecular flexibility index (Phi) is 7.20. The fourth-order valence-corrected chi connectivity index (χ4v) is 4.93. The first-order valence-electron chi connectivity index (χ1n) is 4.02. The molecule has 0 N–H and O–H groups in total. The van der Waals surface area contributed by atoms with E-state index in [1.165, 1.54) is 3.57 Å². The molecule has 0 bridgehead atoms. The van der Waals surface area contributed by atoms with Gasteiger partial charge >= 0.3 is 0 Å². The first-order valence-corrected chi connectivity index (χ1v) is 8.22. The third-order valence-electron chi connectivity index (χ3n) is 1.54. The predicted molar refractivity (Wildman–Crippen MR) is 90.4 cm³/mol. The van der Waals surface area contributed by atoms with Crippen LogP contribution in [-0.2, 0) is 0 Å². The summed E-state index contributed by atoms with van der Waals surface area (Å²) in [7, 11) is 0. The Morgan fingerprint density at radius 3 is 2.20 bits per heavy atom. The van der Waals surface area contributed by atoms with Crippen LogP contribution in [-0.4, -0.2) is 17.9 Å². The highest BCUT2D eigenvalue weighted by Gasteiger charge is 2.10. The van der Waals surface area contributed by atoms with Gasteiger partial charge in [0, 0.05) is 9.45 Å². The fourth-order valence-electron chi connectivity index (χ4n) is 0.885. The van der Waals surface area contributed by atoms with Gasteiger partial charge in [0.2, 0.25) is 0 Å². The average Bonchev–Trinajstić information content (AvgIpc) is 2.15. The highest BCUT2D eigenvalue weighted by molar-refractivity contribution is 14.1. The number of alkyl halides is 2. The van der Waals surface area contributed by atoms with E-state index in [1.807, 2.05) is 0 Å². The number of hydrogen-bond donors (Lipinski definition) is 0. The molecule has 0 heterocycles. The van der Waals surface area contributed by atoms with Gasteiger partial charge in [-0.05, 0) is 79.9 Å². The molecule has 0 aromatic heterocycles. The molecule has 84 valence electrons. The van der Waals surface area contributed by atoms with Crippen molar-refractivity contribution in [1.82, 2.24) is 0 Å². The van der Waals surface area contributed by atoms with Crippen LogP contribution >= 0.6 is 91.0 Å². The zero-order valence-electron chi connectivity index (χ0n) is 7.44. The Balaban J connectivity index is 2.77. The van der Waals surface area contributed by atoms with Gasteiger partial charge in [-0.15, -0.1) is 23.2 Å². The third kappa shape index (κ3) is 4.89. The van der Waals surface area contributed by atoms with Crippen molar-refractivity contribution in [3.63, 3.8) is 0 Å². The molecule has 0 aliphatic heterocycles. The maximum absolute atomic E-state index is 5.89. The fraction of sp³-hybridized carbons (Fsp3) is 0.333. The van der Waals surface area contributed by atoms with Crippen LogP contribution in [0.4, 0.5) is 0 Å². The summed E-state index contributed by atoms with van der Waals surface area (Å²) >= 11 is 18.3. The molecule has 1 unspecified atom stereocenters. The first kappa shape index (κ1) is 14.8. The van der Waals surface area contributed by atoms with E-state index in [9.17, 15) is 0 Å². The van der Waals surface area contributed by atoms with Crippen LogP contribution in [0.1, 0.15) is 0 Å². The van der Waals surface area contributed by atoms with Crippen LogP contribution in [0.2, 0.25) is 0 Å². The Bertz CT molecular complexity index is 323. The maximum atomic E-state index is 5.89. The molecule has 0 spiro atoms. The van der Waals surface area contributed by atoms with Gasteiger partial charge in [0.1, 0.15) is 12.4 Å². The molecule has 1 nitrogen and oxygen atoms in total. The van der Waals surface area contributed by atoms with Crippen molar-refractivity contribution >= 4 is 91.0 Å². The summed E-state index contributed by atoms with van der Waals surface area (Å²) in [6.45, 7) is 0.442. The minimum absolute atomic E-state index is 0.141. The van der Waals surface area contributed by atoms with Gasteiger partial charge in [-0.1, -0.05) is 0 Å². The molecule has 6 heteroatoms. The van der Waals surface area contributed by atoms with Gasteiger partial charge in [0.15, 0.2) is 0 Å². The lowest BCUT2D eigenvalue weighted by Crippen LogP contribution is -2.14. The lowest BCUT2D eigenvalue weighted by atomic mass is 10.3. The van der Waals surface area contributed by atoms with E-state index < -0.39 is 0 Å². The number of rotatable bonds is 4. The largest absolute Gasteiger partial charge is 0.490 e. The summed E-state index contributed by atoms with van der Waals surface area (Å²) in [6, 6.07) is 4.14. The van der Waals surface area contributed by atoms with Crippen molar-refractivity contribution in [3.05, 3.63) is 22.8 Å². The van der Waals surface area contributed by atoms with E-state index in [0.717, 1.165) is 12.9 Å². The summed E-state index contributed by atoms with van der Waals surface area (Å²) in [4.78, 5) is 0. The molecule has 1 atom stereocenters. The van der Waals surface area contributed by atoms with Gasteiger partial charge < -0.3 is 4.74 Å². The standard InChI is InChI=1S/C9H7Cl2I3O/c10-3-5(11)4-15-9-7(13)1-6(12)2-8(9)14/h1-2,5H,3-4H2. The van der Waals surface area contributed by atoms with Crippen LogP contribution in [0.3, 0.4) is 0 Å². The summed E-state index contributed by atoms with van der Waals surface area (Å²) in [6.07, 6.45) is 0. The van der Waals surface area contributed by atoms with Crippen molar-refractivity contribution in [2.45, 2.75) is 5.38 Å². The summed E-state index contributed by atoms with van der Waals surface area (Å²) < 4.78 is 9.04. The van der Waals surface area contributed by atoms with Gasteiger partial charge in [0.25, 0.3) is 0 Å². The first-order chi connectivity index (χ1) is 7.04. The van der Waals surface area contributed by atoms with Gasteiger partial charge in [-0.25, -0.2) is 0 Å². The van der Waals surface area contributed by atoms with E-state index in [4.69, 9.17) is 27.9 Å². The molecular weight excluding hydrogens is 576 g/mol. The van der Waals surface area contributed by atoms with Gasteiger partial charge in [-0.3, -0.25) is 0 Å². The van der Waals surface area contributed by atoms with Crippen molar-refractivity contribution in [1.29, 1.82) is 0 Å². The molecule has 1 aromatic carbocycles. The number of hydrogen-bond acceptors (Lipinski definition) is 1. The number of benzene rings is 1. The molecule has 0 radical (unpaired) electrons. The van der Waals surface area contributed by atoms with Crippen molar-refractivity contribution < 1.29 is 4.74 Å². The lowest BCUT2D eigenvalue weighted by Gasteiger charge is -2.12. The molecule has 0 saturated carbocycles. The zero-order chi connectivity index (χ0) is 11.4. The summed E-state index contributed by atoms with van der Waals surface area (Å²) in [5.74, 6) is 1.30. The second-order valence-electron chi connectivity index (χ2n) is 2.76. The Morgan fingerprint density at radius 2 is 1.73 bits per heavy atom. The molecule has 0 aliphatic rings. The summed E-state index contributed by atoms with van der Waals surface area (Å²) in [5.41, 5.74) is 0. The van der Waals surface area contributed by atoms with E-state index in [1.54, 1.807) is 0 Å². The van der Waals surface area contributed by atoms with Crippen molar-refractivity contribution in [2.24, 2.45) is 0 Å². The van der Waals surface area contributed by atoms with E-state index in [0.29, 0.717) is 12.5 Å². The van der Waals surface area contributed by atoms with Crippen molar-refractivity contribution in [2.75, 3.05) is 12.5 Å². The highest BCUT2D eigenvalue weighted by atomic mass is 127. The highest BCUT2D eigenvalue weighted by Crippen LogP contribution is 2.29. The quantitative estimate of drug-likeness (QED) is 0.369. The van der Waals surface area contributed by atoms with E-state index in [-0.39, 0.29) is 5.38 Å². The molecule has 0 fully saturated rings. The van der Waals surface area contributed by atoms with Crippen LogP contribution < -0.4 is 4.74 Å². The van der Waals surface area contributed by atoms with Crippen LogP contribution in [0.25, 0.3) is 0 Å². The number of halogens is 5. The number of ether oxygens (including phenoxy) is 1. The molecule has 0 aliphatic carbocycles. The molecule has 1 rings (SSSR count). The van der Waals surface area contributed by atoms with Crippen LogP contribution in [0.15, 0.2) is 12.1 Å². The Labute approximate surface area is 140 Å². The van der Waals surface area contributed by atoms with Crippen LogP contribution in [0.5, 0.6) is 5.75 Å². The molecule has 1 aromatic rings. The zero-order valence-corrected chi connectivity index (χ0v) is 15.4. The summed E-state index contributed by atoms with van der Waals surface area (Å²) in [5, 5.41) is -0.141. The SMILES string of the molecule is ClCC(Cl)COc1c(I)cc(I)cc1I. The Hall–Kier alpha value is 1.79. The van der Waals surface area contributed by atoms with Crippen molar-refractivity contribution in [3.8, 4) is 5.75 Å². The molecule has 0 amide bonds. The van der Waals surface area contributed by atoms with E-state index >= 15 is 0 Å². The van der Waals surface area contributed by atoms with E-state index in [2.05, 4.69) is 79.9 Å². The normalized spacial score (nSPS) is 12.6. The molecule has 0 saturated heterocycles.